The summed E-state index contributed by atoms with van der Waals surface area (Å²) < 4.78 is 22.8. The predicted octanol–water partition coefficient (Wildman–Crippen LogP) is 4.86. The van der Waals surface area contributed by atoms with Gasteiger partial charge >= 0.3 is 0 Å². The standard InChI is InChI=1S/C26H24ClFN8O2/c1-16-12-18(2-3-21(16)38-19-6-10-35-22(13-19)29-14-31-35)33-25-23-20(7-11-36(23)32-15-30-25)17-4-8-34(9-5-17)26(37)24(27)28/h2-3,6-7,10-15,17,24H,4-5,8-9H2,1H3,(H,30,32,33). The number of alkyl halides is 2. The van der Waals surface area contributed by atoms with E-state index in [1.54, 1.807) is 15.2 Å². The molecule has 1 aliphatic heterocycles. The Morgan fingerprint density at radius 2 is 1.84 bits per heavy atom. The highest BCUT2D eigenvalue weighted by Crippen LogP contribution is 2.35. The summed E-state index contributed by atoms with van der Waals surface area (Å²) in [5.41, 5.74) is 2.47. The van der Waals surface area contributed by atoms with Gasteiger partial charge in [-0.2, -0.15) is 10.2 Å². The fraction of sp³-hybridized carbons (Fsp3) is 0.269. The first-order valence-corrected chi connectivity index (χ1v) is 12.6. The van der Waals surface area contributed by atoms with Gasteiger partial charge in [0.05, 0.1) is 0 Å². The molecule has 6 rings (SSSR count). The minimum absolute atomic E-state index is 0.184. The molecule has 0 saturated carbocycles. The SMILES string of the molecule is Cc1cc(Nc2ncnn3ccc(C4CCN(C(=O)C(F)Cl)CC4)c23)ccc1Oc1ccn2ncnc2c1. The summed E-state index contributed by atoms with van der Waals surface area (Å²) in [5.74, 6) is 1.59. The number of halogens is 2. The van der Waals surface area contributed by atoms with Gasteiger partial charge in [0.15, 0.2) is 11.5 Å². The van der Waals surface area contributed by atoms with Crippen molar-refractivity contribution in [2.75, 3.05) is 18.4 Å². The molecule has 0 aliphatic carbocycles. The number of carbonyl (C=O) groups excluding carboxylic acids is 1. The first-order chi connectivity index (χ1) is 18.5. The zero-order valence-electron chi connectivity index (χ0n) is 20.5. The van der Waals surface area contributed by atoms with Crippen LogP contribution >= 0.6 is 11.6 Å². The summed E-state index contributed by atoms with van der Waals surface area (Å²) in [4.78, 5) is 22.1. The largest absolute Gasteiger partial charge is 0.457 e. The van der Waals surface area contributed by atoms with Crippen molar-refractivity contribution in [1.82, 2.24) is 34.1 Å². The van der Waals surface area contributed by atoms with Gasteiger partial charge in [-0.15, -0.1) is 0 Å². The predicted molar refractivity (Wildman–Crippen MR) is 140 cm³/mol. The minimum atomic E-state index is -2.00. The molecule has 1 atom stereocenters. The molecule has 1 saturated heterocycles. The van der Waals surface area contributed by atoms with E-state index in [-0.39, 0.29) is 5.92 Å². The van der Waals surface area contributed by atoms with Crippen molar-refractivity contribution in [3.63, 3.8) is 0 Å². The molecule has 1 N–H and O–H groups in total. The van der Waals surface area contributed by atoms with Gasteiger partial charge in [0, 0.05) is 37.2 Å². The number of anilines is 2. The van der Waals surface area contributed by atoms with Crippen molar-refractivity contribution in [1.29, 1.82) is 0 Å². The number of piperidine rings is 1. The monoisotopic (exact) mass is 534 g/mol. The Labute approximate surface area is 222 Å². The Kier molecular flexibility index (Phi) is 6.28. The number of benzene rings is 1. The van der Waals surface area contributed by atoms with E-state index in [2.05, 4.69) is 25.5 Å². The van der Waals surface area contributed by atoms with Crippen LogP contribution in [0.3, 0.4) is 0 Å². The summed E-state index contributed by atoms with van der Waals surface area (Å²) in [7, 11) is 0. The molecule has 1 fully saturated rings. The van der Waals surface area contributed by atoms with E-state index in [0.29, 0.717) is 43.1 Å². The first-order valence-electron chi connectivity index (χ1n) is 12.2. The molecule has 12 heteroatoms. The van der Waals surface area contributed by atoms with Crippen LogP contribution in [-0.4, -0.2) is 58.7 Å². The normalized spacial score (nSPS) is 15.2. The number of ether oxygens (including phenoxy) is 1. The number of pyridine rings is 1. The van der Waals surface area contributed by atoms with Crippen LogP contribution in [0.25, 0.3) is 11.2 Å². The molecule has 0 bridgehead atoms. The molecule has 1 unspecified atom stereocenters. The Bertz CT molecular complexity index is 1630. The number of carbonyl (C=O) groups is 1. The second-order valence-electron chi connectivity index (χ2n) is 9.21. The van der Waals surface area contributed by atoms with Crippen LogP contribution in [0.1, 0.15) is 29.9 Å². The summed E-state index contributed by atoms with van der Waals surface area (Å²) >= 11 is 5.35. The highest BCUT2D eigenvalue weighted by atomic mass is 35.5. The van der Waals surface area contributed by atoms with Crippen LogP contribution in [0.4, 0.5) is 15.9 Å². The van der Waals surface area contributed by atoms with Crippen LogP contribution < -0.4 is 10.1 Å². The van der Waals surface area contributed by atoms with Crippen molar-refractivity contribution in [3.8, 4) is 11.5 Å². The molecule has 4 aromatic heterocycles. The van der Waals surface area contributed by atoms with Crippen LogP contribution in [-0.2, 0) is 4.79 Å². The minimum Gasteiger partial charge on any atom is -0.457 e. The number of hydrogen-bond donors (Lipinski definition) is 1. The van der Waals surface area contributed by atoms with Gasteiger partial charge in [-0.05, 0) is 67.1 Å². The molecular weight excluding hydrogens is 511 g/mol. The van der Waals surface area contributed by atoms with Crippen LogP contribution in [0.5, 0.6) is 11.5 Å². The maximum Gasteiger partial charge on any atom is 0.272 e. The van der Waals surface area contributed by atoms with E-state index < -0.39 is 11.5 Å². The van der Waals surface area contributed by atoms with Crippen LogP contribution in [0.15, 0.2) is 61.4 Å². The van der Waals surface area contributed by atoms with E-state index in [4.69, 9.17) is 16.3 Å². The molecule has 194 valence electrons. The number of hydrogen-bond acceptors (Lipinski definition) is 7. The lowest BCUT2D eigenvalue weighted by atomic mass is 9.90. The summed E-state index contributed by atoms with van der Waals surface area (Å²) in [5, 5.41) is 11.9. The fourth-order valence-corrected chi connectivity index (χ4v) is 5.05. The number of fused-ring (bicyclic) bond motifs is 2. The Balaban J connectivity index is 1.21. The molecule has 5 aromatic rings. The number of nitrogens with one attached hydrogen (secondary N) is 1. The van der Waals surface area contributed by atoms with Crippen molar-refractivity contribution >= 4 is 40.2 Å². The zero-order chi connectivity index (χ0) is 26.2. The Hall–Kier alpha value is -4.25. The molecule has 5 heterocycles. The van der Waals surface area contributed by atoms with Gasteiger partial charge in [0.2, 0.25) is 0 Å². The maximum atomic E-state index is 13.3. The third kappa shape index (κ3) is 4.60. The second-order valence-corrected chi connectivity index (χ2v) is 9.59. The highest BCUT2D eigenvalue weighted by molar-refractivity contribution is 6.29. The lowest BCUT2D eigenvalue weighted by Crippen LogP contribution is -2.40. The molecule has 1 aromatic carbocycles. The first kappa shape index (κ1) is 24.1. The molecule has 0 spiro atoms. The average Bonchev–Trinajstić information content (AvgIpc) is 3.57. The van der Waals surface area contributed by atoms with E-state index in [9.17, 15) is 9.18 Å². The lowest BCUT2D eigenvalue weighted by Gasteiger charge is -2.32. The van der Waals surface area contributed by atoms with Crippen LogP contribution in [0.2, 0.25) is 0 Å². The zero-order valence-corrected chi connectivity index (χ0v) is 21.2. The number of nitrogens with zero attached hydrogens (tertiary/aromatic N) is 7. The van der Waals surface area contributed by atoms with E-state index in [1.807, 2.05) is 49.5 Å². The number of rotatable bonds is 6. The average molecular weight is 535 g/mol. The number of likely N-dealkylation sites (tertiary alicyclic amines) is 1. The number of aryl methyl sites for hydroxylation is 1. The van der Waals surface area contributed by atoms with E-state index >= 15 is 0 Å². The van der Waals surface area contributed by atoms with Crippen molar-refractivity contribution in [2.24, 2.45) is 0 Å². The Morgan fingerprint density at radius 3 is 2.63 bits per heavy atom. The van der Waals surface area contributed by atoms with Crippen molar-refractivity contribution in [3.05, 3.63) is 72.6 Å². The highest BCUT2D eigenvalue weighted by Gasteiger charge is 2.29. The van der Waals surface area contributed by atoms with Crippen LogP contribution in [0, 0.1) is 6.92 Å². The smallest absolute Gasteiger partial charge is 0.272 e. The van der Waals surface area contributed by atoms with E-state index in [1.165, 1.54) is 17.6 Å². The molecule has 10 nitrogen and oxygen atoms in total. The van der Waals surface area contributed by atoms with Gasteiger partial charge in [-0.25, -0.2) is 23.4 Å². The van der Waals surface area contributed by atoms with Gasteiger partial charge < -0.3 is 15.0 Å². The van der Waals surface area contributed by atoms with Gasteiger partial charge in [0.1, 0.15) is 29.7 Å². The molecular formula is C26H24ClFN8O2. The van der Waals surface area contributed by atoms with Gasteiger partial charge in [0.25, 0.3) is 11.5 Å². The molecule has 1 aliphatic rings. The second kappa shape index (κ2) is 9.90. The van der Waals surface area contributed by atoms with Crippen molar-refractivity contribution in [2.45, 2.75) is 31.3 Å². The Morgan fingerprint density at radius 1 is 1.08 bits per heavy atom. The third-order valence-corrected chi connectivity index (χ3v) is 7.02. The summed E-state index contributed by atoms with van der Waals surface area (Å²) in [6.07, 6.45) is 8.12. The quantitative estimate of drug-likeness (QED) is 0.310. The summed E-state index contributed by atoms with van der Waals surface area (Å²) in [6, 6.07) is 11.5. The number of amides is 1. The summed E-state index contributed by atoms with van der Waals surface area (Å²) in [6.45, 7) is 2.89. The van der Waals surface area contributed by atoms with Crippen molar-refractivity contribution < 1.29 is 13.9 Å². The van der Waals surface area contributed by atoms with E-state index in [0.717, 1.165) is 28.1 Å². The third-order valence-electron chi connectivity index (χ3n) is 6.84. The fourth-order valence-electron chi connectivity index (χ4n) is 4.91. The molecule has 1 amide bonds. The molecule has 38 heavy (non-hydrogen) atoms. The lowest BCUT2D eigenvalue weighted by molar-refractivity contribution is -0.134. The number of aromatic nitrogens is 6. The van der Waals surface area contributed by atoms with Gasteiger partial charge in [-0.1, -0.05) is 11.6 Å². The molecule has 0 radical (unpaired) electrons. The van der Waals surface area contributed by atoms with Gasteiger partial charge in [-0.3, -0.25) is 4.79 Å². The maximum absolute atomic E-state index is 13.3. The topological polar surface area (TPSA) is 102 Å².